The van der Waals surface area contributed by atoms with Gasteiger partial charge in [0, 0.05) is 52.1 Å². The number of alkyl halides is 3. The lowest BCUT2D eigenvalue weighted by atomic mass is 10.0. The summed E-state index contributed by atoms with van der Waals surface area (Å²) in [6.45, 7) is 7.48. The van der Waals surface area contributed by atoms with E-state index in [0.29, 0.717) is 11.9 Å². The first-order chi connectivity index (χ1) is 12.5. The molecule has 26 heavy (non-hydrogen) atoms. The number of hydrogen-bond acceptors (Lipinski definition) is 5. The standard InChI is InChI=1S/C18H27F3N4O/c1-26-13-12-23-6-4-16(5-7-23)24-8-10-25(11-9-24)17-3-2-15(14-22-17)18(19,20)21/h2-3,14,16H,4-13H2,1H3. The maximum atomic E-state index is 12.6. The molecule has 2 fully saturated rings. The second-order valence-corrected chi connectivity index (χ2v) is 6.99. The molecule has 0 N–H and O–H groups in total. The molecular weight excluding hydrogens is 345 g/mol. The minimum Gasteiger partial charge on any atom is -0.383 e. The molecule has 0 spiro atoms. The molecule has 5 nitrogen and oxygen atoms in total. The molecule has 3 heterocycles. The van der Waals surface area contributed by atoms with Crippen LogP contribution < -0.4 is 4.90 Å². The quantitative estimate of drug-likeness (QED) is 0.792. The van der Waals surface area contributed by atoms with Crippen LogP contribution in [0.4, 0.5) is 19.0 Å². The molecule has 146 valence electrons. The molecule has 0 aromatic carbocycles. The molecular formula is C18H27F3N4O. The zero-order valence-electron chi connectivity index (χ0n) is 15.2. The summed E-state index contributed by atoms with van der Waals surface area (Å²) in [5.41, 5.74) is -0.694. The molecule has 1 aromatic heterocycles. The molecule has 0 saturated carbocycles. The van der Waals surface area contributed by atoms with Crippen LogP contribution in [0.1, 0.15) is 18.4 Å². The van der Waals surface area contributed by atoms with Crippen molar-refractivity contribution in [3.8, 4) is 0 Å². The van der Waals surface area contributed by atoms with Crippen LogP contribution in [0.3, 0.4) is 0 Å². The summed E-state index contributed by atoms with van der Waals surface area (Å²) in [6, 6.07) is 3.20. The van der Waals surface area contributed by atoms with E-state index >= 15 is 0 Å². The summed E-state index contributed by atoms with van der Waals surface area (Å²) in [4.78, 5) is 11.1. The monoisotopic (exact) mass is 372 g/mol. The molecule has 0 unspecified atom stereocenters. The van der Waals surface area contributed by atoms with Crippen molar-refractivity contribution in [3.05, 3.63) is 23.9 Å². The Balaban J connectivity index is 1.46. The second-order valence-electron chi connectivity index (χ2n) is 6.99. The first-order valence-electron chi connectivity index (χ1n) is 9.21. The fourth-order valence-electron chi connectivity index (χ4n) is 3.79. The third-order valence-corrected chi connectivity index (χ3v) is 5.40. The number of likely N-dealkylation sites (tertiary alicyclic amines) is 1. The Labute approximate surface area is 152 Å². The number of methoxy groups -OCH3 is 1. The van der Waals surface area contributed by atoms with Gasteiger partial charge < -0.3 is 14.5 Å². The lowest BCUT2D eigenvalue weighted by Crippen LogP contribution is -2.53. The highest BCUT2D eigenvalue weighted by Crippen LogP contribution is 2.29. The van der Waals surface area contributed by atoms with E-state index in [0.717, 1.165) is 64.7 Å². The van der Waals surface area contributed by atoms with Crippen LogP contribution in [0.25, 0.3) is 0 Å². The fourth-order valence-corrected chi connectivity index (χ4v) is 3.79. The summed E-state index contributed by atoms with van der Waals surface area (Å²) < 4.78 is 43.1. The Morgan fingerprint density at radius 3 is 2.31 bits per heavy atom. The number of piperidine rings is 1. The van der Waals surface area contributed by atoms with E-state index in [1.807, 2.05) is 0 Å². The number of ether oxygens (including phenoxy) is 1. The normalized spacial score (nSPS) is 21.3. The zero-order chi connectivity index (χ0) is 18.6. The third kappa shape index (κ3) is 4.86. The van der Waals surface area contributed by atoms with E-state index in [2.05, 4.69) is 19.7 Å². The van der Waals surface area contributed by atoms with Gasteiger partial charge in [-0.25, -0.2) is 4.98 Å². The van der Waals surface area contributed by atoms with Gasteiger partial charge in [-0.2, -0.15) is 13.2 Å². The molecule has 2 aliphatic heterocycles. The van der Waals surface area contributed by atoms with Gasteiger partial charge in [-0.15, -0.1) is 0 Å². The molecule has 0 amide bonds. The van der Waals surface area contributed by atoms with E-state index in [1.54, 1.807) is 7.11 Å². The summed E-state index contributed by atoms with van der Waals surface area (Å²) in [7, 11) is 1.73. The summed E-state index contributed by atoms with van der Waals surface area (Å²) in [5, 5.41) is 0. The lowest BCUT2D eigenvalue weighted by molar-refractivity contribution is -0.137. The van der Waals surface area contributed by atoms with Gasteiger partial charge in [0.05, 0.1) is 12.2 Å². The number of pyridine rings is 1. The first-order valence-corrected chi connectivity index (χ1v) is 9.21. The van der Waals surface area contributed by atoms with Crippen LogP contribution in [0, 0.1) is 0 Å². The average molecular weight is 372 g/mol. The van der Waals surface area contributed by atoms with E-state index in [9.17, 15) is 13.2 Å². The molecule has 0 atom stereocenters. The predicted octanol–water partition coefficient (Wildman–Crippen LogP) is 2.33. The van der Waals surface area contributed by atoms with Crippen LogP contribution in [-0.2, 0) is 10.9 Å². The van der Waals surface area contributed by atoms with Crippen molar-refractivity contribution in [2.24, 2.45) is 0 Å². The van der Waals surface area contributed by atoms with Crippen LogP contribution in [-0.4, -0.2) is 80.4 Å². The highest BCUT2D eigenvalue weighted by Gasteiger charge is 2.31. The van der Waals surface area contributed by atoms with E-state index in [1.165, 1.54) is 18.9 Å². The smallest absolute Gasteiger partial charge is 0.383 e. The van der Waals surface area contributed by atoms with E-state index in [4.69, 9.17) is 4.74 Å². The van der Waals surface area contributed by atoms with Crippen molar-refractivity contribution < 1.29 is 17.9 Å². The Hall–Kier alpha value is -1.38. The maximum absolute atomic E-state index is 12.6. The van der Waals surface area contributed by atoms with Gasteiger partial charge in [0.1, 0.15) is 5.82 Å². The first kappa shape index (κ1) is 19.4. The van der Waals surface area contributed by atoms with Gasteiger partial charge in [-0.1, -0.05) is 0 Å². The maximum Gasteiger partial charge on any atom is 0.417 e. The number of hydrogen-bond donors (Lipinski definition) is 0. The highest BCUT2D eigenvalue weighted by molar-refractivity contribution is 5.40. The van der Waals surface area contributed by atoms with Crippen LogP contribution in [0.5, 0.6) is 0 Å². The van der Waals surface area contributed by atoms with Gasteiger partial charge in [0.2, 0.25) is 0 Å². The van der Waals surface area contributed by atoms with Crippen molar-refractivity contribution in [1.82, 2.24) is 14.8 Å². The summed E-state index contributed by atoms with van der Waals surface area (Å²) >= 11 is 0. The van der Waals surface area contributed by atoms with Crippen molar-refractivity contribution >= 4 is 5.82 Å². The Morgan fingerprint density at radius 2 is 1.77 bits per heavy atom. The number of aromatic nitrogens is 1. The van der Waals surface area contributed by atoms with Crippen LogP contribution in [0.2, 0.25) is 0 Å². The topological polar surface area (TPSA) is 31.8 Å². The summed E-state index contributed by atoms with van der Waals surface area (Å²) in [6.07, 6.45) is -1.07. The Kier molecular flexibility index (Phi) is 6.37. The second kappa shape index (κ2) is 8.54. The van der Waals surface area contributed by atoms with Crippen LogP contribution >= 0.6 is 0 Å². The molecule has 3 rings (SSSR count). The number of piperazine rings is 1. The van der Waals surface area contributed by atoms with Gasteiger partial charge in [0.25, 0.3) is 0 Å². The number of anilines is 1. The molecule has 0 bridgehead atoms. The molecule has 8 heteroatoms. The number of halogens is 3. The molecule has 1 aromatic rings. The molecule has 2 saturated heterocycles. The number of rotatable bonds is 5. The van der Waals surface area contributed by atoms with Crippen molar-refractivity contribution in [3.63, 3.8) is 0 Å². The van der Waals surface area contributed by atoms with Crippen LogP contribution in [0.15, 0.2) is 18.3 Å². The van der Waals surface area contributed by atoms with Gasteiger partial charge in [0.15, 0.2) is 0 Å². The predicted molar refractivity (Wildman–Crippen MR) is 94.4 cm³/mol. The summed E-state index contributed by atoms with van der Waals surface area (Å²) in [5.74, 6) is 0.632. The van der Waals surface area contributed by atoms with Gasteiger partial charge in [-0.3, -0.25) is 4.90 Å². The van der Waals surface area contributed by atoms with Crippen molar-refractivity contribution in [1.29, 1.82) is 0 Å². The average Bonchev–Trinajstić information content (AvgIpc) is 2.66. The third-order valence-electron chi connectivity index (χ3n) is 5.40. The fraction of sp³-hybridized carbons (Fsp3) is 0.722. The molecule has 0 radical (unpaired) electrons. The zero-order valence-corrected chi connectivity index (χ0v) is 15.2. The molecule has 0 aliphatic carbocycles. The van der Waals surface area contributed by atoms with Crippen molar-refractivity contribution in [2.45, 2.75) is 25.1 Å². The minimum atomic E-state index is -4.33. The van der Waals surface area contributed by atoms with E-state index in [-0.39, 0.29) is 0 Å². The Morgan fingerprint density at radius 1 is 1.08 bits per heavy atom. The Bertz CT molecular complexity index is 551. The molecule has 2 aliphatic rings. The van der Waals surface area contributed by atoms with Gasteiger partial charge >= 0.3 is 6.18 Å². The number of nitrogens with zero attached hydrogens (tertiary/aromatic N) is 4. The van der Waals surface area contributed by atoms with Crippen molar-refractivity contribution in [2.75, 3.05) is 64.4 Å². The minimum absolute atomic E-state index is 0.608. The lowest BCUT2D eigenvalue weighted by Gasteiger charge is -2.43. The highest BCUT2D eigenvalue weighted by atomic mass is 19.4. The van der Waals surface area contributed by atoms with Gasteiger partial charge in [-0.05, 0) is 38.1 Å². The van der Waals surface area contributed by atoms with E-state index < -0.39 is 11.7 Å². The largest absolute Gasteiger partial charge is 0.417 e. The SMILES string of the molecule is COCCN1CCC(N2CCN(c3ccc(C(F)(F)F)cn3)CC2)CC1.